The lowest BCUT2D eigenvalue weighted by Gasteiger charge is -2.08. The summed E-state index contributed by atoms with van der Waals surface area (Å²) < 4.78 is 10.4. The fourth-order valence-electron chi connectivity index (χ4n) is 1.58. The molecular formula is C12H11O2S. The van der Waals surface area contributed by atoms with Crippen LogP contribution in [0.15, 0.2) is 35.2 Å². The molecule has 0 heterocycles. The highest BCUT2D eigenvalue weighted by molar-refractivity contribution is 7.80. The third-order valence-electron chi connectivity index (χ3n) is 2.36. The van der Waals surface area contributed by atoms with Crippen LogP contribution in [0.3, 0.4) is 0 Å². The Bertz CT molecular complexity index is 494. The summed E-state index contributed by atoms with van der Waals surface area (Å²) in [5.74, 6) is 1.64. The molecule has 0 aliphatic heterocycles. The monoisotopic (exact) mass is 219 g/mol. The fourth-order valence-corrected chi connectivity index (χ4v) is 1.81. The molecule has 1 radical (unpaired) electrons. The Kier molecular flexibility index (Phi) is 2.64. The van der Waals surface area contributed by atoms with E-state index in [2.05, 4.69) is 0 Å². The van der Waals surface area contributed by atoms with E-state index >= 15 is 0 Å². The molecule has 0 bridgehead atoms. The van der Waals surface area contributed by atoms with Crippen molar-refractivity contribution in [2.75, 3.05) is 14.2 Å². The summed E-state index contributed by atoms with van der Waals surface area (Å²) >= 11 is 5.26. The lowest BCUT2D eigenvalue weighted by Crippen LogP contribution is -1.87. The minimum absolute atomic E-state index is 0.807. The molecule has 0 aromatic heterocycles. The van der Waals surface area contributed by atoms with Gasteiger partial charge in [0.1, 0.15) is 11.5 Å². The van der Waals surface area contributed by atoms with E-state index in [9.17, 15) is 0 Å². The molecule has 0 aliphatic rings. The van der Waals surface area contributed by atoms with Gasteiger partial charge in [0, 0.05) is 15.7 Å². The number of hydrogen-bond acceptors (Lipinski definition) is 2. The Morgan fingerprint density at radius 2 is 1.73 bits per heavy atom. The highest BCUT2D eigenvalue weighted by Gasteiger charge is 2.05. The molecule has 0 aliphatic carbocycles. The van der Waals surface area contributed by atoms with Crippen molar-refractivity contribution in [3.05, 3.63) is 30.3 Å². The second-order valence-corrected chi connectivity index (χ2v) is 3.62. The summed E-state index contributed by atoms with van der Waals surface area (Å²) in [7, 11) is 3.30. The van der Waals surface area contributed by atoms with Crippen LogP contribution in [0.4, 0.5) is 0 Å². The second-order valence-electron chi connectivity index (χ2n) is 3.18. The topological polar surface area (TPSA) is 18.5 Å². The number of rotatable bonds is 2. The Morgan fingerprint density at radius 1 is 0.933 bits per heavy atom. The molecule has 2 aromatic rings. The largest absolute Gasteiger partial charge is 0.497 e. The van der Waals surface area contributed by atoms with Crippen molar-refractivity contribution in [3.8, 4) is 11.5 Å². The minimum atomic E-state index is 0.807. The number of methoxy groups -OCH3 is 2. The van der Waals surface area contributed by atoms with E-state index in [1.54, 1.807) is 14.2 Å². The highest BCUT2D eigenvalue weighted by Crippen LogP contribution is 2.32. The van der Waals surface area contributed by atoms with Crippen LogP contribution in [0, 0.1) is 0 Å². The van der Waals surface area contributed by atoms with Crippen molar-refractivity contribution in [2.24, 2.45) is 0 Å². The van der Waals surface area contributed by atoms with Crippen molar-refractivity contribution in [1.82, 2.24) is 0 Å². The van der Waals surface area contributed by atoms with Crippen molar-refractivity contribution < 1.29 is 9.47 Å². The highest BCUT2D eigenvalue weighted by atomic mass is 32.1. The molecule has 15 heavy (non-hydrogen) atoms. The minimum Gasteiger partial charge on any atom is -0.497 e. The summed E-state index contributed by atoms with van der Waals surface area (Å²) in [5.41, 5.74) is 0. The maximum absolute atomic E-state index is 5.27. The predicted molar refractivity (Wildman–Crippen MR) is 62.9 cm³/mol. The van der Waals surface area contributed by atoms with E-state index in [4.69, 9.17) is 22.1 Å². The molecule has 0 atom stereocenters. The summed E-state index contributed by atoms with van der Waals surface area (Å²) in [5, 5.41) is 2.01. The molecule has 0 amide bonds. The van der Waals surface area contributed by atoms with Gasteiger partial charge in [0.15, 0.2) is 0 Å². The average molecular weight is 219 g/mol. The van der Waals surface area contributed by atoms with Crippen molar-refractivity contribution in [2.45, 2.75) is 4.90 Å². The van der Waals surface area contributed by atoms with Gasteiger partial charge in [0.2, 0.25) is 0 Å². The molecule has 0 saturated carbocycles. The number of hydrogen-bond donors (Lipinski definition) is 0. The molecule has 0 spiro atoms. The van der Waals surface area contributed by atoms with E-state index in [1.165, 1.54) is 0 Å². The zero-order chi connectivity index (χ0) is 10.8. The van der Waals surface area contributed by atoms with Crippen LogP contribution in [0.1, 0.15) is 0 Å². The number of benzene rings is 2. The van der Waals surface area contributed by atoms with Crippen LogP contribution < -0.4 is 9.47 Å². The number of ether oxygens (including phenoxy) is 2. The van der Waals surface area contributed by atoms with E-state index in [0.717, 1.165) is 27.2 Å². The number of fused-ring (bicyclic) bond motifs is 1. The average Bonchev–Trinajstić information content (AvgIpc) is 2.29. The van der Waals surface area contributed by atoms with Gasteiger partial charge in [-0.3, -0.25) is 0 Å². The van der Waals surface area contributed by atoms with Gasteiger partial charge >= 0.3 is 0 Å². The first-order valence-electron chi connectivity index (χ1n) is 4.58. The lowest BCUT2D eigenvalue weighted by atomic mass is 10.1. The summed E-state index contributed by atoms with van der Waals surface area (Å²) in [4.78, 5) is 0.810. The summed E-state index contributed by atoms with van der Waals surface area (Å²) in [6.45, 7) is 0. The quantitative estimate of drug-likeness (QED) is 0.770. The fraction of sp³-hybridized carbons (Fsp3) is 0.167. The standard InChI is InChI=1S/C12H11O2S/c1-13-8-3-4-9-10(7-8)12(15)6-5-11(9)14-2/h3-7H,1-2H3. The van der Waals surface area contributed by atoms with Gasteiger partial charge < -0.3 is 9.47 Å². The van der Waals surface area contributed by atoms with E-state index in [1.807, 2.05) is 30.3 Å². The van der Waals surface area contributed by atoms with Crippen molar-refractivity contribution >= 4 is 23.4 Å². The van der Waals surface area contributed by atoms with Crippen LogP contribution >= 0.6 is 12.6 Å². The van der Waals surface area contributed by atoms with Crippen LogP contribution in [0.5, 0.6) is 11.5 Å². The van der Waals surface area contributed by atoms with Crippen molar-refractivity contribution in [1.29, 1.82) is 0 Å². The van der Waals surface area contributed by atoms with Crippen LogP contribution in [-0.2, 0) is 0 Å². The summed E-state index contributed by atoms with van der Waals surface area (Å²) in [6, 6.07) is 9.55. The predicted octanol–water partition coefficient (Wildman–Crippen LogP) is 3.41. The SMILES string of the molecule is COc1ccc2c(OC)ccc([S])c2c1. The first-order chi connectivity index (χ1) is 7.26. The third-order valence-corrected chi connectivity index (χ3v) is 2.72. The molecule has 2 aromatic carbocycles. The molecule has 0 unspecified atom stereocenters. The van der Waals surface area contributed by atoms with E-state index in [0.29, 0.717) is 0 Å². The summed E-state index contributed by atoms with van der Waals surface area (Å²) in [6.07, 6.45) is 0. The van der Waals surface area contributed by atoms with Gasteiger partial charge in [-0.05, 0) is 30.3 Å². The Labute approximate surface area is 94.2 Å². The maximum atomic E-state index is 5.27. The van der Waals surface area contributed by atoms with Gasteiger partial charge in [-0.1, -0.05) is 12.6 Å². The zero-order valence-corrected chi connectivity index (χ0v) is 9.43. The Hall–Kier alpha value is -1.48. The third kappa shape index (κ3) is 1.70. The van der Waals surface area contributed by atoms with Crippen molar-refractivity contribution in [3.63, 3.8) is 0 Å². The molecule has 2 nitrogen and oxygen atoms in total. The van der Waals surface area contributed by atoms with Crippen LogP contribution in [0.2, 0.25) is 0 Å². The molecule has 3 heteroatoms. The van der Waals surface area contributed by atoms with Gasteiger partial charge in [-0.15, -0.1) is 0 Å². The van der Waals surface area contributed by atoms with Gasteiger partial charge in [-0.2, -0.15) is 0 Å². The molecule has 77 valence electrons. The zero-order valence-electron chi connectivity index (χ0n) is 8.61. The van der Waals surface area contributed by atoms with Gasteiger partial charge in [-0.25, -0.2) is 0 Å². The van der Waals surface area contributed by atoms with Crippen LogP contribution in [0.25, 0.3) is 10.8 Å². The van der Waals surface area contributed by atoms with E-state index in [-0.39, 0.29) is 0 Å². The first kappa shape index (κ1) is 10.1. The molecule has 0 fully saturated rings. The lowest BCUT2D eigenvalue weighted by molar-refractivity contribution is 0.414. The maximum Gasteiger partial charge on any atom is 0.126 e. The Balaban J connectivity index is 2.75. The van der Waals surface area contributed by atoms with E-state index < -0.39 is 0 Å². The normalized spacial score (nSPS) is 10.3. The second kappa shape index (κ2) is 3.95. The smallest absolute Gasteiger partial charge is 0.126 e. The van der Waals surface area contributed by atoms with Gasteiger partial charge in [0.25, 0.3) is 0 Å². The molecule has 0 saturated heterocycles. The first-order valence-corrected chi connectivity index (χ1v) is 4.99. The molecule has 2 rings (SSSR count). The van der Waals surface area contributed by atoms with Crippen LogP contribution in [-0.4, -0.2) is 14.2 Å². The molecule has 0 N–H and O–H groups in total. The van der Waals surface area contributed by atoms with Gasteiger partial charge in [0.05, 0.1) is 14.2 Å². The Morgan fingerprint density at radius 3 is 2.40 bits per heavy atom. The molecular weight excluding hydrogens is 208 g/mol.